The molecule has 35 heavy (non-hydrogen) atoms. The van der Waals surface area contributed by atoms with Gasteiger partial charge in [-0.05, 0) is 48.1 Å². The number of hydrazine groups is 1. The van der Waals surface area contributed by atoms with Gasteiger partial charge in [0.2, 0.25) is 0 Å². The monoisotopic (exact) mass is 513 g/mol. The minimum atomic E-state index is -0.432. The van der Waals surface area contributed by atoms with Crippen LogP contribution in [-0.2, 0) is 14.3 Å². The Kier molecular flexibility index (Phi) is 8.01. The predicted octanol–water partition coefficient (Wildman–Crippen LogP) is 2.48. The van der Waals surface area contributed by atoms with Crippen molar-refractivity contribution < 1.29 is 28.6 Å². The highest BCUT2D eigenvalue weighted by molar-refractivity contribution is 8.26. The lowest BCUT2D eigenvalue weighted by Gasteiger charge is -2.26. The van der Waals surface area contributed by atoms with Crippen LogP contribution >= 0.6 is 24.0 Å². The minimum Gasteiger partial charge on any atom is -0.493 e. The SMILES string of the molecule is COc1cc(/C=C2/SC(=S)N(NC(=O)c3ccccc3)C2=O)ccc1OCC(=O)N1CCOCC1. The largest absolute Gasteiger partial charge is 0.493 e. The van der Waals surface area contributed by atoms with Gasteiger partial charge in [0.05, 0.1) is 25.2 Å². The Balaban J connectivity index is 1.42. The lowest BCUT2D eigenvalue weighted by atomic mass is 10.2. The third-order valence-electron chi connectivity index (χ3n) is 5.24. The fourth-order valence-corrected chi connectivity index (χ4v) is 4.59. The number of morpholine rings is 1. The van der Waals surface area contributed by atoms with Crippen molar-refractivity contribution >= 4 is 52.1 Å². The van der Waals surface area contributed by atoms with Crippen LogP contribution in [0.3, 0.4) is 0 Å². The number of amides is 3. The quantitative estimate of drug-likeness (QED) is 0.446. The summed E-state index contributed by atoms with van der Waals surface area (Å²) in [5.41, 5.74) is 3.63. The van der Waals surface area contributed by atoms with E-state index in [9.17, 15) is 14.4 Å². The van der Waals surface area contributed by atoms with E-state index < -0.39 is 11.8 Å². The third kappa shape index (κ3) is 5.99. The summed E-state index contributed by atoms with van der Waals surface area (Å²) in [5.74, 6) is -0.159. The molecule has 0 aromatic heterocycles. The summed E-state index contributed by atoms with van der Waals surface area (Å²) in [5, 5.41) is 1.06. The molecule has 2 aliphatic heterocycles. The highest BCUT2D eigenvalue weighted by Gasteiger charge is 2.33. The number of methoxy groups -OCH3 is 1. The molecule has 0 unspecified atom stereocenters. The van der Waals surface area contributed by atoms with Gasteiger partial charge in [-0.3, -0.25) is 19.8 Å². The second kappa shape index (κ2) is 11.3. The third-order valence-corrected chi connectivity index (χ3v) is 6.55. The lowest BCUT2D eigenvalue weighted by molar-refractivity contribution is -0.137. The summed E-state index contributed by atoms with van der Waals surface area (Å²) in [6.07, 6.45) is 1.65. The maximum Gasteiger partial charge on any atom is 0.285 e. The summed E-state index contributed by atoms with van der Waals surface area (Å²) in [6, 6.07) is 13.7. The number of carbonyl (C=O) groups excluding carboxylic acids is 3. The molecule has 1 N–H and O–H groups in total. The van der Waals surface area contributed by atoms with Gasteiger partial charge < -0.3 is 19.1 Å². The summed E-state index contributed by atoms with van der Waals surface area (Å²) in [7, 11) is 1.49. The van der Waals surface area contributed by atoms with E-state index in [-0.39, 0.29) is 16.8 Å². The summed E-state index contributed by atoms with van der Waals surface area (Å²) in [6.45, 7) is 2.01. The number of nitrogens with zero attached hydrogens (tertiary/aromatic N) is 2. The van der Waals surface area contributed by atoms with Crippen molar-refractivity contribution in [2.45, 2.75) is 0 Å². The zero-order chi connectivity index (χ0) is 24.8. The summed E-state index contributed by atoms with van der Waals surface area (Å²) in [4.78, 5) is 39.7. The number of benzene rings is 2. The lowest BCUT2D eigenvalue weighted by Crippen LogP contribution is -2.44. The van der Waals surface area contributed by atoms with E-state index in [1.54, 1.807) is 59.5 Å². The van der Waals surface area contributed by atoms with Gasteiger partial charge in [-0.25, -0.2) is 0 Å². The molecule has 9 nitrogen and oxygen atoms in total. The van der Waals surface area contributed by atoms with Crippen LogP contribution in [0.1, 0.15) is 15.9 Å². The Bertz CT molecular complexity index is 1170. The topological polar surface area (TPSA) is 97.4 Å². The molecule has 3 amide bonds. The van der Waals surface area contributed by atoms with Crippen LogP contribution in [0.5, 0.6) is 11.5 Å². The molecule has 2 aliphatic rings. The maximum absolute atomic E-state index is 12.9. The molecule has 0 atom stereocenters. The molecule has 0 saturated carbocycles. The first kappa shape index (κ1) is 24.7. The fourth-order valence-electron chi connectivity index (χ4n) is 3.41. The first-order valence-electron chi connectivity index (χ1n) is 10.8. The van der Waals surface area contributed by atoms with Crippen LogP contribution in [-0.4, -0.2) is 72.0 Å². The number of nitrogens with one attached hydrogen (secondary N) is 1. The Hall–Kier alpha value is -3.41. The molecule has 0 radical (unpaired) electrons. The van der Waals surface area contributed by atoms with E-state index in [2.05, 4.69) is 5.43 Å². The van der Waals surface area contributed by atoms with Gasteiger partial charge in [-0.1, -0.05) is 36.0 Å². The van der Waals surface area contributed by atoms with Crippen LogP contribution in [0.25, 0.3) is 6.08 Å². The molecule has 182 valence electrons. The first-order chi connectivity index (χ1) is 17.0. The van der Waals surface area contributed by atoms with E-state index in [1.807, 2.05) is 0 Å². The van der Waals surface area contributed by atoms with Crippen LogP contribution in [0.2, 0.25) is 0 Å². The van der Waals surface area contributed by atoms with Gasteiger partial charge >= 0.3 is 0 Å². The Morgan fingerprint density at radius 2 is 1.89 bits per heavy atom. The predicted molar refractivity (Wildman–Crippen MR) is 135 cm³/mol. The van der Waals surface area contributed by atoms with Gasteiger partial charge in [-0.15, -0.1) is 0 Å². The van der Waals surface area contributed by atoms with Gasteiger partial charge in [-0.2, -0.15) is 5.01 Å². The second-order valence-corrected chi connectivity index (χ2v) is 9.19. The van der Waals surface area contributed by atoms with Gasteiger partial charge in [0.25, 0.3) is 17.7 Å². The fraction of sp³-hybridized carbons (Fsp3) is 0.250. The normalized spacial score (nSPS) is 17.0. The molecule has 4 rings (SSSR count). The van der Waals surface area contributed by atoms with Gasteiger partial charge in [0.1, 0.15) is 0 Å². The van der Waals surface area contributed by atoms with Crippen LogP contribution in [0.15, 0.2) is 53.4 Å². The van der Waals surface area contributed by atoms with E-state index in [1.165, 1.54) is 7.11 Å². The van der Waals surface area contributed by atoms with E-state index in [0.717, 1.165) is 16.8 Å². The highest BCUT2D eigenvalue weighted by atomic mass is 32.2. The first-order valence-corrected chi connectivity index (χ1v) is 12.0. The molecule has 2 fully saturated rings. The standard InChI is InChI=1S/C24H23N3O6S2/c1-31-19-13-16(7-8-18(19)33-15-21(28)26-9-11-32-12-10-26)14-20-23(30)27(24(34)35-20)25-22(29)17-5-3-2-4-6-17/h2-8,13-14H,9-12,15H2,1H3,(H,25,29)/b20-14+. The molecule has 0 aliphatic carbocycles. The molecule has 0 bridgehead atoms. The summed E-state index contributed by atoms with van der Waals surface area (Å²) < 4.78 is 16.6. The maximum atomic E-state index is 12.9. The number of hydrogen-bond donors (Lipinski definition) is 1. The average molecular weight is 514 g/mol. The molecule has 2 saturated heterocycles. The highest BCUT2D eigenvalue weighted by Crippen LogP contribution is 2.34. The number of thiocarbonyl (C=S) groups is 1. The van der Waals surface area contributed by atoms with Crippen molar-refractivity contribution in [1.82, 2.24) is 15.3 Å². The molecule has 2 aromatic carbocycles. The van der Waals surface area contributed by atoms with E-state index in [4.69, 9.17) is 26.4 Å². The van der Waals surface area contributed by atoms with Crippen molar-refractivity contribution in [2.75, 3.05) is 40.0 Å². The van der Waals surface area contributed by atoms with Crippen LogP contribution in [0.4, 0.5) is 0 Å². The molecule has 2 heterocycles. The van der Waals surface area contributed by atoms with E-state index >= 15 is 0 Å². The van der Waals surface area contributed by atoms with Crippen LogP contribution < -0.4 is 14.9 Å². The van der Waals surface area contributed by atoms with Crippen LogP contribution in [0, 0.1) is 0 Å². The zero-order valence-corrected chi connectivity index (χ0v) is 20.5. The second-order valence-electron chi connectivity index (χ2n) is 7.52. The number of hydrogen-bond acceptors (Lipinski definition) is 8. The number of carbonyl (C=O) groups is 3. The van der Waals surface area contributed by atoms with Crippen molar-refractivity contribution in [3.05, 3.63) is 64.6 Å². The Morgan fingerprint density at radius 1 is 1.14 bits per heavy atom. The smallest absolute Gasteiger partial charge is 0.285 e. The zero-order valence-electron chi connectivity index (χ0n) is 18.9. The van der Waals surface area contributed by atoms with E-state index in [0.29, 0.717) is 53.8 Å². The minimum absolute atomic E-state index is 0.116. The Labute approximate surface area is 212 Å². The number of thioether (sulfide) groups is 1. The van der Waals surface area contributed by atoms with Crippen molar-refractivity contribution in [3.63, 3.8) is 0 Å². The molecular weight excluding hydrogens is 490 g/mol. The number of rotatable bonds is 7. The number of ether oxygens (including phenoxy) is 3. The summed E-state index contributed by atoms with van der Waals surface area (Å²) >= 11 is 6.37. The molecule has 2 aromatic rings. The van der Waals surface area contributed by atoms with Crippen molar-refractivity contribution in [3.8, 4) is 11.5 Å². The van der Waals surface area contributed by atoms with Gasteiger partial charge in [0, 0.05) is 18.7 Å². The van der Waals surface area contributed by atoms with Gasteiger partial charge in [0.15, 0.2) is 22.4 Å². The Morgan fingerprint density at radius 3 is 2.60 bits per heavy atom. The van der Waals surface area contributed by atoms with Crippen molar-refractivity contribution in [2.24, 2.45) is 0 Å². The molecular formula is C24H23N3O6S2. The molecule has 0 spiro atoms. The average Bonchev–Trinajstić information content (AvgIpc) is 3.15. The van der Waals surface area contributed by atoms with Crippen molar-refractivity contribution in [1.29, 1.82) is 0 Å². The molecule has 11 heteroatoms.